The highest BCUT2D eigenvalue weighted by atomic mass is 16.4. The van der Waals surface area contributed by atoms with E-state index in [-0.39, 0.29) is 0 Å². The van der Waals surface area contributed by atoms with Crippen LogP contribution in [0.4, 0.5) is 0 Å². The first-order chi connectivity index (χ1) is 17.8. The number of benzene rings is 3. The summed E-state index contributed by atoms with van der Waals surface area (Å²) in [4.78, 5) is 14.2. The van der Waals surface area contributed by atoms with Crippen molar-refractivity contribution in [2.45, 2.75) is 64.0 Å². The van der Waals surface area contributed by atoms with Crippen molar-refractivity contribution in [3.63, 3.8) is 0 Å². The van der Waals surface area contributed by atoms with Gasteiger partial charge in [-0.15, -0.1) is 0 Å². The molecule has 3 aromatic carbocycles. The second kappa shape index (κ2) is 11.9. The molecule has 4 heteroatoms. The summed E-state index contributed by atoms with van der Waals surface area (Å²) in [5, 5.41) is 20.4. The van der Waals surface area contributed by atoms with Gasteiger partial charge in [-0.1, -0.05) is 90.5 Å². The van der Waals surface area contributed by atoms with Crippen LogP contribution in [0.1, 0.15) is 74.8 Å². The molecule has 1 aliphatic rings. The normalized spacial score (nSPS) is 16.3. The number of carboxylic acids is 1. The number of aliphatic hydroxyl groups is 1. The number of aliphatic hydroxyl groups excluding tert-OH is 1. The van der Waals surface area contributed by atoms with Crippen molar-refractivity contribution in [1.82, 2.24) is 4.90 Å². The van der Waals surface area contributed by atoms with Crippen LogP contribution >= 0.6 is 0 Å². The summed E-state index contributed by atoms with van der Waals surface area (Å²) in [6, 6.07) is 29.2. The average Bonchev–Trinajstić information content (AvgIpc) is 2.93. The van der Waals surface area contributed by atoms with Gasteiger partial charge in [0.25, 0.3) is 0 Å². The van der Waals surface area contributed by atoms with Crippen LogP contribution in [-0.4, -0.2) is 40.2 Å². The van der Waals surface area contributed by atoms with E-state index < -0.39 is 17.5 Å². The van der Waals surface area contributed by atoms with Gasteiger partial charge in [0.1, 0.15) is 0 Å². The summed E-state index contributed by atoms with van der Waals surface area (Å²) in [6.45, 7) is 7.67. The van der Waals surface area contributed by atoms with Crippen molar-refractivity contribution >= 4 is 11.5 Å². The van der Waals surface area contributed by atoms with E-state index in [1.807, 2.05) is 24.3 Å². The molecular weight excluding hydrogens is 458 g/mol. The van der Waals surface area contributed by atoms with Crippen molar-refractivity contribution in [2.24, 2.45) is 0 Å². The lowest BCUT2D eigenvalue weighted by Gasteiger charge is -2.35. The number of hydrogen-bond donors (Lipinski definition) is 2. The molecule has 2 atom stereocenters. The van der Waals surface area contributed by atoms with Crippen LogP contribution in [0.5, 0.6) is 0 Å². The highest BCUT2D eigenvalue weighted by Gasteiger charge is 2.30. The summed E-state index contributed by atoms with van der Waals surface area (Å²) in [6.07, 6.45) is 3.01. The zero-order valence-corrected chi connectivity index (χ0v) is 22.2. The first-order valence-electron chi connectivity index (χ1n) is 13.4. The van der Waals surface area contributed by atoms with E-state index >= 15 is 0 Å². The summed E-state index contributed by atoms with van der Waals surface area (Å²) in [5.74, 6) is -0.867. The molecular formula is C33H39NO3. The topological polar surface area (TPSA) is 60.8 Å². The number of piperidine rings is 1. The SMILES string of the molecule is CC(CCC(O)c1cccc(C(C)(C)C(=O)O)c1)N1CCC(=C(c2ccccc2)c2ccccc2)CC1. The largest absolute Gasteiger partial charge is 0.481 e. The van der Waals surface area contributed by atoms with Gasteiger partial charge in [-0.3, -0.25) is 4.79 Å². The van der Waals surface area contributed by atoms with Crippen molar-refractivity contribution in [2.75, 3.05) is 13.1 Å². The van der Waals surface area contributed by atoms with Gasteiger partial charge in [0.05, 0.1) is 11.5 Å². The van der Waals surface area contributed by atoms with Crippen LogP contribution in [0, 0.1) is 0 Å². The molecule has 37 heavy (non-hydrogen) atoms. The monoisotopic (exact) mass is 497 g/mol. The van der Waals surface area contributed by atoms with Crippen molar-refractivity contribution in [3.8, 4) is 0 Å². The molecule has 0 amide bonds. The van der Waals surface area contributed by atoms with E-state index in [1.54, 1.807) is 13.8 Å². The Morgan fingerprint density at radius 3 is 1.97 bits per heavy atom. The van der Waals surface area contributed by atoms with Gasteiger partial charge in [-0.2, -0.15) is 0 Å². The Hall–Kier alpha value is -3.21. The number of rotatable bonds is 9. The maximum Gasteiger partial charge on any atom is 0.313 e. The Bertz CT molecular complexity index is 1170. The number of likely N-dealkylation sites (tertiary alicyclic amines) is 1. The number of hydrogen-bond acceptors (Lipinski definition) is 3. The average molecular weight is 498 g/mol. The molecule has 3 aromatic rings. The molecule has 0 radical (unpaired) electrons. The number of carboxylic acid groups (broad SMARTS) is 1. The van der Waals surface area contributed by atoms with Crippen LogP contribution < -0.4 is 0 Å². The highest BCUT2D eigenvalue weighted by molar-refractivity contribution is 5.82. The van der Waals surface area contributed by atoms with Gasteiger partial charge in [0, 0.05) is 19.1 Å². The minimum atomic E-state index is -0.986. The minimum absolute atomic E-state index is 0.367. The van der Waals surface area contributed by atoms with E-state index in [4.69, 9.17) is 0 Å². The molecule has 1 heterocycles. The third-order valence-electron chi connectivity index (χ3n) is 7.89. The lowest BCUT2D eigenvalue weighted by molar-refractivity contribution is -0.142. The van der Waals surface area contributed by atoms with Crippen molar-refractivity contribution < 1.29 is 15.0 Å². The zero-order chi connectivity index (χ0) is 26.4. The van der Waals surface area contributed by atoms with E-state index in [0.29, 0.717) is 18.0 Å². The maximum atomic E-state index is 11.6. The lowest BCUT2D eigenvalue weighted by atomic mass is 9.83. The minimum Gasteiger partial charge on any atom is -0.481 e. The van der Waals surface area contributed by atoms with E-state index in [0.717, 1.165) is 37.9 Å². The quantitative estimate of drug-likeness (QED) is 0.339. The van der Waals surface area contributed by atoms with Gasteiger partial charge in [0.2, 0.25) is 0 Å². The molecule has 0 aromatic heterocycles. The van der Waals surface area contributed by atoms with Gasteiger partial charge in [-0.05, 0) is 74.3 Å². The first-order valence-corrected chi connectivity index (χ1v) is 13.4. The Morgan fingerprint density at radius 1 is 0.865 bits per heavy atom. The summed E-state index contributed by atoms with van der Waals surface area (Å²) >= 11 is 0. The Kier molecular flexibility index (Phi) is 8.63. The molecule has 2 unspecified atom stereocenters. The predicted molar refractivity (Wildman–Crippen MR) is 150 cm³/mol. The number of carbonyl (C=O) groups is 1. The van der Waals surface area contributed by atoms with E-state index in [9.17, 15) is 15.0 Å². The van der Waals surface area contributed by atoms with Crippen molar-refractivity contribution in [1.29, 1.82) is 0 Å². The number of nitrogens with zero attached hydrogens (tertiary/aromatic N) is 1. The first kappa shape index (κ1) is 26.8. The van der Waals surface area contributed by atoms with E-state index in [1.165, 1.54) is 22.3 Å². The molecule has 1 saturated heterocycles. The fourth-order valence-electron chi connectivity index (χ4n) is 5.28. The second-order valence-corrected chi connectivity index (χ2v) is 10.7. The molecule has 4 nitrogen and oxygen atoms in total. The van der Waals surface area contributed by atoms with Gasteiger partial charge < -0.3 is 15.1 Å². The van der Waals surface area contributed by atoms with Gasteiger partial charge >= 0.3 is 5.97 Å². The Balaban J connectivity index is 1.39. The summed E-state index contributed by atoms with van der Waals surface area (Å²) in [7, 11) is 0. The fraction of sp³-hybridized carbons (Fsp3) is 0.364. The van der Waals surface area contributed by atoms with Crippen molar-refractivity contribution in [3.05, 3.63) is 113 Å². The lowest BCUT2D eigenvalue weighted by Crippen LogP contribution is -2.38. The highest BCUT2D eigenvalue weighted by Crippen LogP contribution is 2.33. The van der Waals surface area contributed by atoms with Crippen LogP contribution in [-0.2, 0) is 10.2 Å². The van der Waals surface area contributed by atoms with Crippen LogP contribution in [0.2, 0.25) is 0 Å². The standard InChI is InChI=1S/C33H39NO3/c1-24(17-18-30(35)28-15-10-16-29(23-28)33(2,3)32(36)37)34-21-19-27(20-22-34)31(25-11-6-4-7-12-25)26-13-8-5-9-14-26/h4-16,23-24,30,35H,17-22H2,1-3H3,(H,36,37). The number of aliphatic carboxylic acids is 1. The third-order valence-corrected chi connectivity index (χ3v) is 7.89. The van der Waals surface area contributed by atoms with Crippen LogP contribution in [0.15, 0.2) is 90.5 Å². The Labute approximate surface area is 221 Å². The molecule has 194 valence electrons. The summed E-state index contributed by atoms with van der Waals surface area (Å²) in [5.41, 5.74) is 5.96. The molecule has 4 rings (SSSR count). The molecule has 0 saturated carbocycles. The third kappa shape index (κ3) is 6.38. The maximum absolute atomic E-state index is 11.6. The molecule has 1 aliphatic heterocycles. The van der Waals surface area contributed by atoms with Crippen LogP contribution in [0.3, 0.4) is 0 Å². The van der Waals surface area contributed by atoms with Crippen LogP contribution in [0.25, 0.3) is 5.57 Å². The fourth-order valence-corrected chi connectivity index (χ4v) is 5.28. The Morgan fingerprint density at radius 2 is 1.43 bits per heavy atom. The summed E-state index contributed by atoms with van der Waals surface area (Å²) < 4.78 is 0. The molecule has 1 fully saturated rings. The zero-order valence-electron chi connectivity index (χ0n) is 22.2. The molecule has 0 bridgehead atoms. The van der Waals surface area contributed by atoms with Gasteiger partial charge in [0.15, 0.2) is 0 Å². The molecule has 0 spiro atoms. The second-order valence-electron chi connectivity index (χ2n) is 10.7. The molecule has 2 N–H and O–H groups in total. The molecule has 0 aliphatic carbocycles. The van der Waals surface area contributed by atoms with Gasteiger partial charge in [-0.25, -0.2) is 0 Å². The predicted octanol–water partition coefficient (Wildman–Crippen LogP) is 6.85. The van der Waals surface area contributed by atoms with E-state index in [2.05, 4.69) is 72.5 Å². The smallest absolute Gasteiger partial charge is 0.313 e.